The first-order chi connectivity index (χ1) is 26.8. The molecule has 0 fully saturated rings. The quantitative estimate of drug-likeness (QED) is 0.0356. The van der Waals surface area contributed by atoms with Crippen LogP contribution in [-0.2, 0) is 23.9 Å². The first-order valence-electron chi connectivity index (χ1n) is 23.4. The maximum Gasteiger partial charge on any atom is 0.328 e. The Kier molecular flexibility index (Phi) is 39.8. The second kappa shape index (κ2) is 41.5. The molecule has 0 aliphatic carbocycles. The normalized spacial score (nSPS) is 12.3. The fourth-order valence-corrected chi connectivity index (χ4v) is 7.25. The van der Waals surface area contributed by atoms with Gasteiger partial charge in [0.25, 0.3) is 0 Å². The van der Waals surface area contributed by atoms with Gasteiger partial charge in [-0.2, -0.15) is 0 Å². The maximum atomic E-state index is 12.8. The van der Waals surface area contributed by atoms with Crippen molar-refractivity contribution in [2.24, 2.45) is 0 Å². The number of hydrogen-bond donors (Lipinski definition) is 4. The van der Waals surface area contributed by atoms with Gasteiger partial charge in [-0.25, -0.2) is 4.79 Å². The number of hydrogen-bond acceptors (Lipinski definition) is 6. The summed E-state index contributed by atoms with van der Waals surface area (Å²) in [7, 11) is 0. The first kappa shape index (κ1) is 52.8. The van der Waals surface area contributed by atoms with Gasteiger partial charge in [-0.1, -0.05) is 194 Å². The molecule has 2 atom stereocenters. The molecule has 0 saturated heterocycles. The minimum Gasteiger partial charge on any atom is -0.480 e. The molecule has 0 rings (SSSR count). The van der Waals surface area contributed by atoms with E-state index >= 15 is 0 Å². The van der Waals surface area contributed by atoms with Crippen LogP contribution in [0, 0.1) is 0 Å². The molecule has 0 saturated carbocycles. The molecule has 0 radical (unpaired) electrons. The SMILES string of the molecule is CCCCCCCCCCCCCCCCCC(=O)OC(CCCCCCCCCCCCCC)CCCCCCCC(=O)NCC(=O)NC(CO)C(=O)O. The van der Waals surface area contributed by atoms with Crippen molar-refractivity contribution in [1.82, 2.24) is 10.6 Å². The first-order valence-corrected chi connectivity index (χ1v) is 23.4. The Bertz CT molecular complexity index is 900. The number of carboxylic acids is 1. The molecule has 0 bridgehead atoms. The lowest BCUT2D eigenvalue weighted by Gasteiger charge is -2.18. The summed E-state index contributed by atoms with van der Waals surface area (Å²) < 4.78 is 6.05. The van der Waals surface area contributed by atoms with Crippen molar-refractivity contribution in [2.45, 2.75) is 257 Å². The molecule has 4 N–H and O–H groups in total. The summed E-state index contributed by atoms with van der Waals surface area (Å²) in [6.07, 6.45) is 42.7. The van der Waals surface area contributed by atoms with Gasteiger partial charge in [0.1, 0.15) is 12.1 Å². The van der Waals surface area contributed by atoms with E-state index in [4.69, 9.17) is 14.9 Å². The Morgan fingerprint density at radius 3 is 1.18 bits per heavy atom. The van der Waals surface area contributed by atoms with Crippen LogP contribution in [0.5, 0.6) is 0 Å². The average molecular weight is 781 g/mol. The second-order valence-corrected chi connectivity index (χ2v) is 16.2. The lowest BCUT2D eigenvalue weighted by Crippen LogP contribution is -2.47. The van der Waals surface area contributed by atoms with Gasteiger partial charge in [0.2, 0.25) is 11.8 Å². The van der Waals surface area contributed by atoms with Crippen LogP contribution in [-0.4, -0.2) is 59.3 Å². The molecule has 2 amide bonds. The van der Waals surface area contributed by atoms with E-state index in [-0.39, 0.29) is 24.5 Å². The number of carbonyl (C=O) groups is 4. The van der Waals surface area contributed by atoms with E-state index in [2.05, 4.69) is 24.5 Å². The molecule has 0 spiro atoms. The average Bonchev–Trinajstić information content (AvgIpc) is 3.17. The van der Waals surface area contributed by atoms with Crippen LogP contribution in [0.2, 0.25) is 0 Å². The highest BCUT2D eigenvalue weighted by Crippen LogP contribution is 2.19. The summed E-state index contributed by atoms with van der Waals surface area (Å²) in [5, 5.41) is 22.6. The summed E-state index contributed by atoms with van der Waals surface area (Å²) in [5.41, 5.74) is 0. The van der Waals surface area contributed by atoms with Gasteiger partial charge in [0.05, 0.1) is 13.2 Å². The topological polar surface area (TPSA) is 142 Å². The van der Waals surface area contributed by atoms with E-state index in [9.17, 15) is 19.2 Å². The van der Waals surface area contributed by atoms with Gasteiger partial charge >= 0.3 is 11.9 Å². The van der Waals surface area contributed by atoms with Crippen LogP contribution in [0.4, 0.5) is 0 Å². The summed E-state index contributed by atoms with van der Waals surface area (Å²) >= 11 is 0. The van der Waals surface area contributed by atoms with E-state index in [1.807, 2.05) is 0 Å². The third-order valence-corrected chi connectivity index (χ3v) is 10.9. The number of ether oxygens (including phenoxy) is 1. The molecule has 0 aliphatic heterocycles. The fraction of sp³-hybridized carbons (Fsp3) is 0.913. The summed E-state index contributed by atoms with van der Waals surface area (Å²) in [6.45, 7) is 3.51. The monoisotopic (exact) mass is 781 g/mol. The standard InChI is InChI=1S/C46H88N2O7/c1-3-5-7-9-11-13-15-17-18-19-21-23-25-30-34-38-45(52)55-41(35-31-27-24-22-20-16-14-12-10-8-6-4-2)36-32-28-26-29-33-37-43(50)47-39-44(51)48-42(40-49)46(53)54/h41-42,49H,3-40H2,1-2H3,(H,47,50)(H,48,51)(H,53,54). The number of aliphatic hydroxyl groups excluding tert-OH is 1. The Balaban J connectivity index is 4.25. The van der Waals surface area contributed by atoms with Crippen molar-refractivity contribution < 1.29 is 34.1 Å². The largest absolute Gasteiger partial charge is 0.480 e. The lowest BCUT2D eigenvalue weighted by molar-refractivity contribution is -0.150. The van der Waals surface area contributed by atoms with Crippen LogP contribution in [0.15, 0.2) is 0 Å². The van der Waals surface area contributed by atoms with Gasteiger partial charge in [0, 0.05) is 12.8 Å². The smallest absolute Gasteiger partial charge is 0.328 e. The Morgan fingerprint density at radius 1 is 0.473 bits per heavy atom. The molecule has 2 unspecified atom stereocenters. The highest BCUT2D eigenvalue weighted by Gasteiger charge is 2.19. The minimum atomic E-state index is -1.38. The molecule has 55 heavy (non-hydrogen) atoms. The number of carboxylic acid groups (broad SMARTS) is 1. The van der Waals surface area contributed by atoms with Crippen LogP contribution in [0.25, 0.3) is 0 Å². The zero-order chi connectivity index (χ0) is 40.5. The summed E-state index contributed by atoms with van der Waals surface area (Å²) in [6, 6.07) is -1.38. The van der Waals surface area contributed by atoms with Crippen molar-refractivity contribution in [1.29, 1.82) is 0 Å². The van der Waals surface area contributed by atoms with Crippen molar-refractivity contribution in [2.75, 3.05) is 13.2 Å². The Morgan fingerprint density at radius 2 is 0.818 bits per heavy atom. The fourth-order valence-electron chi connectivity index (χ4n) is 7.25. The predicted molar refractivity (Wildman–Crippen MR) is 227 cm³/mol. The molecule has 0 aromatic carbocycles. The number of aliphatic hydroxyl groups is 1. The number of amides is 2. The van der Waals surface area contributed by atoms with Crippen LogP contribution < -0.4 is 10.6 Å². The number of esters is 1. The Hall–Kier alpha value is -2.16. The van der Waals surface area contributed by atoms with Crippen molar-refractivity contribution >= 4 is 23.8 Å². The van der Waals surface area contributed by atoms with Crippen molar-refractivity contribution in [3.8, 4) is 0 Å². The highest BCUT2D eigenvalue weighted by atomic mass is 16.5. The number of carbonyl (C=O) groups excluding carboxylic acids is 3. The van der Waals surface area contributed by atoms with Crippen LogP contribution in [0.1, 0.15) is 245 Å². The molecular formula is C46H88N2O7. The predicted octanol–water partition coefficient (Wildman–Crippen LogP) is 11.7. The number of rotatable bonds is 43. The van der Waals surface area contributed by atoms with E-state index in [0.29, 0.717) is 19.3 Å². The van der Waals surface area contributed by atoms with Gasteiger partial charge in [-0.05, 0) is 38.5 Å². The molecule has 0 aromatic rings. The van der Waals surface area contributed by atoms with Gasteiger partial charge < -0.3 is 25.6 Å². The molecule has 0 heterocycles. The van der Waals surface area contributed by atoms with E-state index in [1.54, 1.807) is 0 Å². The molecule has 0 aliphatic rings. The maximum absolute atomic E-state index is 12.8. The molecule has 324 valence electrons. The zero-order valence-electron chi connectivity index (χ0n) is 36.0. The third kappa shape index (κ3) is 38.5. The zero-order valence-corrected chi connectivity index (χ0v) is 36.0. The van der Waals surface area contributed by atoms with Crippen LogP contribution >= 0.6 is 0 Å². The molecule has 9 nitrogen and oxygen atoms in total. The van der Waals surface area contributed by atoms with Crippen LogP contribution in [0.3, 0.4) is 0 Å². The number of unbranched alkanes of at least 4 members (excludes halogenated alkanes) is 29. The van der Waals surface area contributed by atoms with Gasteiger partial charge in [-0.3, -0.25) is 14.4 Å². The summed E-state index contributed by atoms with van der Waals surface area (Å²) in [4.78, 5) is 47.6. The van der Waals surface area contributed by atoms with Crippen molar-refractivity contribution in [3.05, 3.63) is 0 Å². The third-order valence-electron chi connectivity index (χ3n) is 10.9. The van der Waals surface area contributed by atoms with E-state index in [0.717, 1.165) is 57.8 Å². The molecular weight excluding hydrogens is 693 g/mol. The lowest BCUT2D eigenvalue weighted by atomic mass is 10.0. The van der Waals surface area contributed by atoms with Gasteiger partial charge in [0.15, 0.2) is 0 Å². The van der Waals surface area contributed by atoms with Gasteiger partial charge in [-0.15, -0.1) is 0 Å². The van der Waals surface area contributed by atoms with E-state index < -0.39 is 24.5 Å². The summed E-state index contributed by atoms with van der Waals surface area (Å²) in [5.74, 6) is -2.27. The van der Waals surface area contributed by atoms with Crippen molar-refractivity contribution in [3.63, 3.8) is 0 Å². The molecule has 0 aromatic heterocycles. The van der Waals surface area contributed by atoms with E-state index in [1.165, 1.54) is 154 Å². The number of nitrogens with one attached hydrogen (secondary N) is 2. The molecule has 9 heteroatoms. The Labute approximate surface area is 338 Å². The minimum absolute atomic E-state index is 0.00422. The highest BCUT2D eigenvalue weighted by molar-refractivity contribution is 5.87. The number of aliphatic carboxylic acids is 1. The second-order valence-electron chi connectivity index (χ2n) is 16.2.